The Morgan fingerprint density at radius 3 is 1.40 bits per heavy atom. The average molecular weight is 1290 g/mol. The molecule has 1 rings (SSSR count). The number of amides is 12. The van der Waals surface area contributed by atoms with Crippen LogP contribution in [0.5, 0.6) is 0 Å². The van der Waals surface area contributed by atoms with Gasteiger partial charge in [-0.25, -0.2) is 0 Å². The quantitative estimate of drug-likeness (QED) is 0.0252. The van der Waals surface area contributed by atoms with Crippen molar-refractivity contribution in [3.8, 4) is 0 Å². The fourth-order valence-electron chi connectivity index (χ4n) is 8.25. The summed E-state index contributed by atoms with van der Waals surface area (Å²) in [6.07, 6.45) is -4.25. The van der Waals surface area contributed by atoms with Crippen molar-refractivity contribution in [1.29, 1.82) is 0 Å². The van der Waals surface area contributed by atoms with Gasteiger partial charge in [0.15, 0.2) is 0 Å². The number of nitrogens with zero attached hydrogens (tertiary/aromatic N) is 1. The molecule has 0 unspecified atom stereocenters. The number of hydrogen-bond donors (Lipinski definition) is 17. The summed E-state index contributed by atoms with van der Waals surface area (Å²) in [5.41, 5.74) is 5.72. The maximum Gasteiger partial charge on any atom is 0.303 e. The first-order valence-corrected chi connectivity index (χ1v) is 29.6. The monoisotopic (exact) mass is 1290 g/mol. The molecule has 89 heavy (non-hydrogen) atoms. The molecule has 1 aliphatic rings. The summed E-state index contributed by atoms with van der Waals surface area (Å²) in [7, 11) is 1.38. The summed E-state index contributed by atoms with van der Waals surface area (Å²) >= 11 is 1.21. The molecule has 0 aromatic carbocycles. The van der Waals surface area contributed by atoms with Crippen LogP contribution in [-0.4, -0.2) is 244 Å². The molecule has 0 spiro atoms. The SMILES string of the molecule is CNC(=O)CNC(=O)[C@H](C)NC(=O)[C@H](CSC)NC(=O)CNC(=O)[C@H](CC(C)C)NC(=O)[C@@H]1CCCN1C(=O)COCCNC(=O)[C@@H](CCC(=O)O)NC(=O)[C@@H](CCC(=O)O)NC(=O)[C@@H](CCC(=O)O)NC(=O)[C@@H](CCC(=O)O)NC(=O)[C@H](N)CCC(=O)O. The number of nitrogens with one attached hydrogen (secondary N) is 11. The summed E-state index contributed by atoms with van der Waals surface area (Å²) in [6.45, 7) is 2.74. The molecule has 1 heterocycles. The zero-order valence-corrected chi connectivity index (χ0v) is 50.7. The number of ether oxygens (including phenoxy) is 1. The number of carboxylic acid groups (broad SMARTS) is 5. The van der Waals surface area contributed by atoms with E-state index in [-0.39, 0.29) is 50.8 Å². The van der Waals surface area contributed by atoms with Crippen molar-refractivity contribution in [2.45, 2.75) is 159 Å². The van der Waals surface area contributed by atoms with Crippen molar-refractivity contribution in [3.63, 3.8) is 0 Å². The highest BCUT2D eigenvalue weighted by atomic mass is 32.2. The number of carbonyl (C=O) groups excluding carboxylic acids is 12. The van der Waals surface area contributed by atoms with Gasteiger partial charge in [-0.05, 0) is 70.5 Å². The molecular weight excluding hydrogens is 1210 g/mol. The van der Waals surface area contributed by atoms with E-state index in [0.29, 0.717) is 6.42 Å². The van der Waals surface area contributed by atoms with Crippen LogP contribution in [0.1, 0.15) is 104 Å². The molecule has 0 radical (unpaired) electrons. The Morgan fingerprint density at radius 2 is 0.944 bits per heavy atom. The highest BCUT2D eigenvalue weighted by Crippen LogP contribution is 2.19. The van der Waals surface area contributed by atoms with Gasteiger partial charge in [-0.15, -0.1) is 0 Å². The van der Waals surface area contributed by atoms with Crippen LogP contribution in [0.15, 0.2) is 0 Å². The fourth-order valence-corrected chi connectivity index (χ4v) is 8.81. The lowest BCUT2D eigenvalue weighted by Gasteiger charge is -2.27. The van der Waals surface area contributed by atoms with Crippen LogP contribution in [0.3, 0.4) is 0 Å². The Hall–Kier alpha value is -8.74. The summed E-state index contributed by atoms with van der Waals surface area (Å²) in [4.78, 5) is 216. The van der Waals surface area contributed by atoms with Gasteiger partial charge in [0.05, 0.1) is 25.7 Å². The van der Waals surface area contributed by atoms with Gasteiger partial charge in [-0.2, -0.15) is 11.8 Å². The normalized spacial score (nSPS) is 15.3. The molecule has 500 valence electrons. The molecule has 18 N–H and O–H groups in total. The molecule has 0 aromatic heterocycles. The van der Waals surface area contributed by atoms with Gasteiger partial charge < -0.3 is 99.4 Å². The minimum Gasteiger partial charge on any atom is -0.481 e. The van der Waals surface area contributed by atoms with Crippen molar-refractivity contribution in [2.24, 2.45) is 11.7 Å². The minimum absolute atomic E-state index is 0.0838. The van der Waals surface area contributed by atoms with Crippen LogP contribution in [0.25, 0.3) is 0 Å². The van der Waals surface area contributed by atoms with Crippen LogP contribution in [-0.2, 0) is 86.2 Å². The van der Waals surface area contributed by atoms with Gasteiger partial charge in [0.1, 0.15) is 54.9 Å². The molecular formula is C52H83N13O23S. The van der Waals surface area contributed by atoms with Crippen molar-refractivity contribution in [2.75, 3.05) is 58.4 Å². The van der Waals surface area contributed by atoms with Crippen LogP contribution in [0, 0.1) is 5.92 Å². The number of thioether (sulfide) groups is 1. The first kappa shape index (κ1) is 78.3. The highest BCUT2D eigenvalue weighted by Gasteiger charge is 2.37. The summed E-state index contributed by atoms with van der Waals surface area (Å²) < 4.78 is 5.47. The number of carbonyl (C=O) groups is 17. The molecule has 0 aliphatic carbocycles. The van der Waals surface area contributed by atoms with Gasteiger partial charge in [-0.3, -0.25) is 81.5 Å². The Kier molecular flexibility index (Phi) is 36.4. The Balaban J connectivity index is 3.08. The molecule has 1 fully saturated rings. The largest absolute Gasteiger partial charge is 0.481 e. The number of hydrogen-bond acceptors (Lipinski definition) is 20. The van der Waals surface area contributed by atoms with E-state index in [4.69, 9.17) is 15.6 Å². The lowest BCUT2D eigenvalue weighted by Crippen LogP contribution is -2.59. The second kappa shape index (κ2) is 41.4. The topological polar surface area (TPSA) is 562 Å². The van der Waals surface area contributed by atoms with Gasteiger partial charge in [0.25, 0.3) is 0 Å². The van der Waals surface area contributed by atoms with E-state index in [9.17, 15) is 102 Å². The van der Waals surface area contributed by atoms with Gasteiger partial charge in [-0.1, -0.05) is 13.8 Å². The molecule has 12 amide bonds. The van der Waals surface area contributed by atoms with Crippen LogP contribution < -0.4 is 64.2 Å². The van der Waals surface area contributed by atoms with Crippen molar-refractivity contribution < 1.29 is 112 Å². The lowest BCUT2D eigenvalue weighted by atomic mass is 10.0. The maximum absolute atomic E-state index is 13.7. The standard InChI is InChI=1S/C52H83N13O23S/c1-26(2)21-33(47(82)57-23-37(67)59-34(25-89-5)51(86)58-27(3)44(79)56-22-36(66)54-4)64-52(87)35-7-6-19-65(35)38(68)24-88-20-18-55-46(81)29(9-14-40(71)72)61-49(84)31(11-16-42(75)76)63-50(85)32(12-17-43(77)78)62-48(83)30(10-15-41(73)74)60-45(80)28(53)8-13-39(69)70/h26-35H,6-25,53H2,1-5H3,(H,54,66)(H,55,81)(H,56,79)(H,57,82)(H,58,86)(H,59,67)(H,60,80)(H,61,84)(H,62,83)(H,63,85)(H,64,87)(H,69,70)(H,71,72)(H,73,74)(H,75,76)(H,77,78)/t27-,28+,29+,30+,31+,32+,33-,34-,35-/m0/s1. The number of carboxylic acids is 5. The van der Waals surface area contributed by atoms with E-state index < -0.39 is 232 Å². The fraction of sp³-hybridized carbons (Fsp3) is 0.673. The van der Waals surface area contributed by atoms with E-state index in [1.54, 1.807) is 20.1 Å². The van der Waals surface area contributed by atoms with Crippen molar-refractivity contribution in [3.05, 3.63) is 0 Å². The number of nitrogens with two attached hydrogens (primary N) is 1. The molecule has 0 bridgehead atoms. The summed E-state index contributed by atoms with van der Waals surface area (Å²) in [5, 5.41) is 72.3. The molecule has 0 aromatic rings. The van der Waals surface area contributed by atoms with Gasteiger partial charge in [0.2, 0.25) is 70.9 Å². The first-order valence-electron chi connectivity index (χ1n) is 28.2. The maximum atomic E-state index is 13.7. The molecule has 1 saturated heterocycles. The van der Waals surface area contributed by atoms with Crippen LogP contribution >= 0.6 is 11.8 Å². The van der Waals surface area contributed by atoms with E-state index in [1.807, 2.05) is 0 Å². The number of rotatable bonds is 44. The molecule has 1 aliphatic heterocycles. The highest BCUT2D eigenvalue weighted by molar-refractivity contribution is 7.98. The molecule has 36 nitrogen and oxygen atoms in total. The van der Waals surface area contributed by atoms with E-state index in [0.717, 1.165) is 0 Å². The Morgan fingerprint density at radius 1 is 0.517 bits per heavy atom. The third-order valence-electron chi connectivity index (χ3n) is 13.0. The third-order valence-corrected chi connectivity index (χ3v) is 13.6. The predicted octanol–water partition coefficient (Wildman–Crippen LogP) is -6.44. The van der Waals surface area contributed by atoms with E-state index in [1.165, 1.54) is 30.6 Å². The van der Waals surface area contributed by atoms with Crippen LogP contribution in [0.2, 0.25) is 0 Å². The zero-order chi connectivity index (χ0) is 67.5. The average Bonchev–Trinajstić information content (AvgIpc) is 2.29. The molecule has 37 heteroatoms. The van der Waals surface area contributed by atoms with Gasteiger partial charge >= 0.3 is 29.8 Å². The minimum atomic E-state index is -1.87. The molecule has 9 atom stereocenters. The zero-order valence-electron chi connectivity index (χ0n) is 49.9. The Labute approximate surface area is 514 Å². The number of aliphatic carboxylic acids is 5. The van der Waals surface area contributed by atoms with Crippen molar-refractivity contribution >= 4 is 112 Å². The lowest BCUT2D eigenvalue weighted by molar-refractivity contribution is -0.142. The van der Waals surface area contributed by atoms with Crippen LogP contribution in [0.4, 0.5) is 0 Å². The molecule has 0 saturated carbocycles. The summed E-state index contributed by atoms with van der Waals surface area (Å²) in [5.74, 6) is -17.8. The predicted molar refractivity (Wildman–Crippen MR) is 308 cm³/mol. The third kappa shape index (κ3) is 32.2. The van der Waals surface area contributed by atoms with E-state index >= 15 is 0 Å². The second-order valence-corrected chi connectivity index (χ2v) is 21.6. The van der Waals surface area contributed by atoms with Crippen molar-refractivity contribution in [1.82, 2.24) is 63.4 Å². The Bertz CT molecular complexity index is 2540. The van der Waals surface area contributed by atoms with E-state index in [2.05, 4.69) is 58.5 Å². The summed E-state index contributed by atoms with van der Waals surface area (Å²) in [6, 6.07) is -13.1. The van der Waals surface area contributed by atoms with Gasteiger partial charge in [0, 0.05) is 58.0 Å². The second-order valence-electron chi connectivity index (χ2n) is 20.7. The number of likely N-dealkylation sites (tertiary alicyclic amines) is 1. The number of likely N-dealkylation sites (N-methyl/N-ethyl adjacent to an activating group) is 1. The first-order chi connectivity index (χ1) is 41.8. The smallest absolute Gasteiger partial charge is 0.303 e.